The van der Waals surface area contributed by atoms with E-state index in [-0.39, 0.29) is 42.7 Å². The summed E-state index contributed by atoms with van der Waals surface area (Å²) in [5, 5.41) is 9.82. The maximum absolute atomic E-state index is 13.9. The van der Waals surface area contributed by atoms with Crippen LogP contribution in [0, 0.1) is 5.82 Å². The smallest absolute Gasteiger partial charge is 0.315 e. The highest BCUT2D eigenvalue weighted by atomic mass is 19.1. The Hall–Kier alpha value is -2.97. The average molecular weight is 358 g/mol. The summed E-state index contributed by atoms with van der Waals surface area (Å²) in [6, 6.07) is 5.19. The molecule has 8 nitrogen and oxygen atoms in total. The van der Waals surface area contributed by atoms with Crippen molar-refractivity contribution in [2.24, 2.45) is 0 Å². The van der Waals surface area contributed by atoms with Gasteiger partial charge in [-0.1, -0.05) is 12.1 Å². The third kappa shape index (κ3) is 3.12. The number of carbonyl (C=O) groups is 2. The van der Waals surface area contributed by atoms with E-state index in [1.54, 1.807) is 22.9 Å². The minimum Gasteiger partial charge on any atom is -0.333 e. The average Bonchev–Trinajstić information content (AvgIpc) is 3.22. The summed E-state index contributed by atoms with van der Waals surface area (Å²) >= 11 is 0. The van der Waals surface area contributed by atoms with Crippen LogP contribution in [0.4, 0.5) is 14.9 Å². The Labute approximate surface area is 149 Å². The number of aryl methyl sites for hydroxylation is 1. The topological polar surface area (TPSA) is 92.2 Å². The fourth-order valence-electron chi connectivity index (χ4n) is 3.52. The third-order valence-corrected chi connectivity index (χ3v) is 4.73. The van der Waals surface area contributed by atoms with Crippen molar-refractivity contribution >= 4 is 17.6 Å². The first kappa shape index (κ1) is 16.5. The summed E-state index contributed by atoms with van der Waals surface area (Å²) in [5.41, 5.74) is 0.239. The normalized spacial score (nSPS) is 22.2. The van der Waals surface area contributed by atoms with Gasteiger partial charge in [0.1, 0.15) is 18.0 Å². The van der Waals surface area contributed by atoms with Gasteiger partial charge in [0, 0.05) is 19.5 Å². The Morgan fingerprint density at radius 2 is 2.12 bits per heavy atom. The van der Waals surface area contributed by atoms with Crippen molar-refractivity contribution in [3.8, 4) is 0 Å². The number of hydrogen-bond acceptors (Lipinski definition) is 4. The molecule has 1 aromatic heterocycles. The van der Waals surface area contributed by atoms with Crippen LogP contribution in [0.3, 0.4) is 0 Å². The number of para-hydroxylation sites is 1. The molecule has 0 bridgehead atoms. The van der Waals surface area contributed by atoms with Gasteiger partial charge in [0.2, 0.25) is 5.91 Å². The molecule has 3 heterocycles. The summed E-state index contributed by atoms with van der Waals surface area (Å²) in [5.74, 6) is 0.0761. The maximum Gasteiger partial charge on any atom is 0.315 e. The third-order valence-electron chi connectivity index (χ3n) is 4.73. The van der Waals surface area contributed by atoms with Crippen LogP contribution >= 0.6 is 0 Å². The van der Waals surface area contributed by atoms with Gasteiger partial charge in [0.05, 0.1) is 17.8 Å². The molecule has 3 amide bonds. The fraction of sp³-hybridized carbons (Fsp3) is 0.412. The van der Waals surface area contributed by atoms with Crippen LogP contribution in [-0.2, 0) is 11.3 Å². The van der Waals surface area contributed by atoms with Gasteiger partial charge in [0.25, 0.3) is 0 Å². The lowest BCUT2D eigenvalue weighted by Crippen LogP contribution is -2.45. The predicted octanol–water partition coefficient (Wildman–Crippen LogP) is 1.36. The lowest BCUT2D eigenvalue weighted by Gasteiger charge is -2.24. The van der Waals surface area contributed by atoms with Crippen LogP contribution in [0.5, 0.6) is 0 Å². The number of nitrogens with zero attached hydrogens (tertiary/aromatic N) is 4. The van der Waals surface area contributed by atoms with E-state index in [2.05, 4.69) is 20.7 Å². The Balaban J connectivity index is 1.38. The lowest BCUT2D eigenvalue weighted by molar-refractivity contribution is -0.117. The van der Waals surface area contributed by atoms with Gasteiger partial charge in [0.15, 0.2) is 0 Å². The van der Waals surface area contributed by atoms with Crippen LogP contribution in [0.25, 0.3) is 0 Å². The van der Waals surface area contributed by atoms with Crippen molar-refractivity contribution in [2.45, 2.75) is 37.9 Å². The Morgan fingerprint density at radius 3 is 2.96 bits per heavy atom. The van der Waals surface area contributed by atoms with E-state index in [0.717, 1.165) is 25.2 Å². The summed E-state index contributed by atoms with van der Waals surface area (Å²) in [6.45, 7) is 1.04. The van der Waals surface area contributed by atoms with E-state index < -0.39 is 5.82 Å². The second kappa shape index (κ2) is 6.74. The Bertz CT molecular complexity index is 838. The number of urea groups is 1. The van der Waals surface area contributed by atoms with E-state index in [4.69, 9.17) is 0 Å². The number of fused-ring (bicyclic) bond motifs is 1. The number of halogens is 1. The molecule has 9 heteroatoms. The number of amides is 3. The lowest BCUT2D eigenvalue weighted by atomic mass is 10.1. The molecule has 2 aliphatic rings. The highest BCUT2D eigenvalue weighted by molar-refractivity contribution is 5.96. The first-order valence-corrected chi connectivity index (χ1v) is 8.61. The largest absolute Gasteiger partial charge is 0.333 e. The monoisotopic (exact) mass is 358 g/mol. The Morgan fingerprint density at radius 1 is 1.27 bits per heavy atom. The van der Waals surface area contributed by atoms with Crippen molar-refractivity contribution in [1.82, 2.24) is 25.4 Å². The van der Waals surface area contributed by atoms with Gasteiger partial charge in [-0.15, -0.1) is 0 Å². The van der Waals surface area contributed by atoms with Crippen LogP contribution in [-0.4, -0.2) is 39.3 Å². The number of aromatic nitrogens is 3. The summed E-state index contributed by atoms with van der Waals surface area (Å²) < 4.78 is 15.7. The number of anilines is 1. The summed E-state index contributed by atoms with van der Waals surface area (Å²) in [7, 11) is 0. The van der Waals surface area contributed by atoms with Crippen LogP contribution in [0.15, 0.2) is 30.6 Å². The molecule has 0 spiro atoms. The maximum atomic E-state index is 13.9. The predicted molar refractivity (Wildman–Crippen MR) is 90.8 cm³/mol. The second-order valence-electron chi connectivity index (χ2n) is 6.51. The zero-order chi connectivity index (χ0) is 18.1. The van der Waals surface area contributed by atoms with Crippen molar-refractivity contribution in [2.75, 3.05) is 11.4 Å². The van der Waals surface area contributed by atoms with Gasteiger partial charge in [-0.05, 0) is 25.0 Å². The summed E-state index contributed by atoms with van der Waals surface area (Å²) in [4.78, 5) is 30.1. The molecule has 0 radical (unpaired) electrons. The van der Waals surface area contributed by atoms with Crippen LogP contribution in [0.1, 0.15) is 31.1 Å². The first-order chi connectivity index (χ1) is 12.6. The molecule has 1 fully saturated rings. The number of rotatable bonds is 3. The molecular weight excluding hydrogens is 339 g/mol. The van der Waals surface area contributed by atoms with E-state index in [9.17, 15) is 14.0 Å². The molecule has 1 saturated heterocycles. The quantitative estimate of drug-likeness (QED) is 0.866. The molecular formula is C17H19FN6O2. The van der Waals surface area contributed by atoms with Crippen molar-refractivity contribution < 1.29 is 14.0 Å². The Kier molecular flexibility index (Phi) is 4.27. The van der Waals surface area contributed by atoms with Crippen LogP contribution in [0.2, 0.25) is 0 Å². The molecule has 2 unspecified atom stereocenters. The molecule has 4 rings (SSSR count). The zero-order valence-corrected chi connectivity index (χ0v) is 14.1. The highest BCUT2D eigenvalue weighted by Crippen LogP contribution is 2.25. The first-order valence-electron chi connectivity index (χ1n) is 8.61. The highest BCUT2D eigenvalue weighted by Gasteiger charge is 2.33. The number of carbonyl (C=O) groups excluding carboxylic acids is 2. The molecule has 1 aromatic carbocycles. The van der Waals surface area contributed by atoms with Gasteiger partial charge in [-0.3, -0.25) is 4.79 Å². The van der Waals surface area contributed by atoms with Crippen molar-refractivity contribution in [1.29, 1.82) is 0 Å². The van der Waals surface area contributed by atoms with Gasteiger partial charge >= 0.3 is 6.03 Å². The molecule has 2 aromatic rings. The van der Waals surface area contributed by atoms with E-state index in [1.165, 1.54) is 17.3 Å². The van der Waals surface area contributed by atoms with E-state index in [0.29, 0.717) is 0 Å². The molecule has 2 N–H and O–H groups in total. The van der Waals surface area contributed by atoms with Crippen molar-refractivity contribution in [3.05, 3.63) is 42.2 Å². The van der Waals surface area contributed by atoms with Crippen LogP contribution < -0.4 is 15.5 Å². The molecule has 0 saturated carbocycles. The molecule has 0 aliphatic carbocycles. The SMILES string of the molecule is O=C(NC1CC(=O)N(c2ccccc2F)C1)NC1CCCn2ncnc21. The summed E-state index contributed by atoms with van der Waals surface area (Å²) in [6.07, 6.45) is 3.32. The minimum absolute atomic E-state index is 0.141. The minimum atomic E-state index is -0.451. The van der Waals surface area contributed by atoms with Gasteiger partial charge < -0.3 is 15.5 Å². The van der Waals surface area contributed by atoms with Gasteiger partial charge in [-0.25, -0.2) is 18.9 Å². The zero-order valence-electron chi connectivity index (χ0n) is 14.1. The fourth-order valence-corrected chi connectivity index (χ4v) is 3.52. The van der Waals surface area contributed by atoms with Crippen molar-refractivity contribution in [3.63, 3.8) is 0 Å². The molecule has 2 aliphatic heterocycles. The standard InChI is InChI=1S/C17H19FN6O2/c18-12-4-1-2-6-14(12)23-9-11(8-15(23)25)21-17(26)22-13-5-3-7-24-16(13)19-10-20-24/h1-2,4,6,10-11,13H,3,5,7-9H2,(H2,21,22,26). The number of hydrogen-bond donors (Lipinski definition) is 2. The molecule has 26 heavy (non-hydrogen) atoms. The molecule has 136 valence electrons. The molecule has 2 atom stereocenters. The number of benzene rings is 1. The van der Waals surface area contributed by atoms with Gasteiger partial charge in [-0.2, -0.15) is 5.10 Å². The van der Waals surface area contributed by atoms with E-state index in [1.807, 2.05) is 0 Å². The van der Waals surface area contributed by atoms with E-state index >= 15 is 0 Å². The second-order valence-corrected chi connectivity index (χ2v) is 6.51. The number of nitrogens with one attached hydrogen (secondary N) is 2.